The van der Waals surface area contributed by atoms with Crippen molar-refractivity contribution in [1.82, 2.24) is 9.55 Å². The Morgan fingerprint density at radius 2 is 1.78 bits per heavy atom. The van der Waals surface area contributed by atoms with E-state index in [2.05, 4.69) is 52.0 Å². The lowest BCUT2D eigenvalue weighted by molar-refractivity contribution is 0.170. The molecule has 1 unspecified atom stereocenters. The van der Waals surface area contributed by atoms with E-state index in [-0.39, 0.29) is 6.10 Å². The topological polar surface area (TPSA) is 53.1 Å². The lowest BCUT2D eigenvalue weighted by Crippen LogP contribution is -2.23. The summed E-state index contributed by atoms with van der Waals surface area (Å²) in [5.74, 6) is 0.841. The van der Waals surface area contributed by atoms with Crippen LogP contribution in [0.1, 0.15) is 12.0 Å². The number of aromatic nitrogens is 2. The normalized spacial score (nSPS) is 12.1. The molecule has 0 radical (unpaired) electrons. The van der Waals surface area contributed by atoms with Gasteiger partial charge in [-0.1, -0.05) is 42.5 Å². The molecule has 1 heterocycles. The summed E-state index contributed by atoms with van der Waals surface area (Å²) in [7, 11) is 0. The molecule has 2 N–H and O–H groups in total. The number of aryl methyl sites for hydroxylation is 1. The average molecular weight is 357 g/mol. The molecule has 0 saturated carbocycles. The molecule has 3 aromatic carbocycles. The Balaban J connectivity index is 1.47. The number of fused-ring (bicyclic) bond motifs is 1. The number of ether oxygens (including phenoxy) is 1. The van der Waals surface area contributed by atoms with Gasteiger partial charge in [-0.25, -0.2) is 4.98 Å². The van der Waals surface area contributed by atoms with E-state index < -0.39 is 0 Å². The summed E-state index contributed by atoms with van der Waals surface area (Å²) in [4.78, 5) is 4.14. The Bertz CT molecular complexity index is 994. The molecule has 4 rings (SSSR count). The van der Waals surface area contributed by atoms with E-state index in [1.54, 1.807) is 6.20 Å². The van der Waals surface area contributed by atoms with Crippen LogP contribution in [0, 0.1) is 0 Å². The van der Waals surface area contributed by atoms with Gasteiger partial charge in [-0.2, -0.15) is 0 Å². The molecule has 0 amide bonds. The Morgan fingerprint density at radius 3 is 2.56 bits per heavy atom. The maximum Gasteiger partial charge on any atom is 0.119 e. The van der Waals surface area contributed by atoms with Gasteiger partial charge in [-0.15, -0.1) is 0 Å². The van der Waals surface area contributed by atoms with Gasteiger partial charge in [0.1, 0.15) is 11.9 Å². The maximum atomic E-state index is 6.25. The average Bonchev–Trinajstić information content (AvgIpc) is 3.21. The molecule has 0 aliphatic rings. The van der Waals surface area contributed by atoms with Crippen LogP contribution in [0.3, 0.4) is 0 Å². The third-order valence-electron chi connectivity index (χ3n) is 4.73. The zero-order valence-corrected chi connectivity index (χ0v) is 15.2. The molecule has 0 bridgehead atoms. The van der Waals surface area contributed by atoms with E-state index in [1.807, 2.05) is 36.8 Å². The SMILES string of the molecule is Nc1ccc(OC(CCc2ccc3ccccc3c2)Cn2ccnc2)cc1. The molecular weight excluding hydrogens is 334 g/mol. The molecule has 0 fully saturated rings. The molecular formula is C23H23N3O. The first-order valence-corrected chi connectivity index (χ1v) is 9.22. The summed E-state index contributed by atoms with van der Waals surface area (Å²) in [5, 5.41) is 2.55. The lowest BCUT2D eigenvalue weighted by atomic mass is 10.0. The number of benzene rings is 3. The molecule has 0 saturated heterocycles. The number of rotatable bonds is 7. The first kappa shape index (κ1) is 17.2. The predicted molar refractivity (Wildman–Crippen MR) is 110 cm³/mol. The summed E-state index contributed by atoms with van der Waals surface area (Å²) in [6.07, 6.45) is 7.52. The van der Waals surface area contributed by atoms with Crippen LogP contribution in [-0.4, -0.2) is 15.7 Å². The molecule has 0 aliphatic heterocycles. The van der Waals surface area contributed by atoms with Crippen LogP contribution in [0.5, 0.6) is 5.75 Å². The van der Waals surface area contributed by atoms with E-state index in [0.29, 0.717) is 0 Å². The van der Waals surface area contributed by atoms with Crippen LogP contribution < -0.4 is 10.5 Å². The fourth-order valence-corrected chi connectivity index (χ4v) is 3.28. The minimum absolute atomic E-state index is 0.0503. The summed E-state index contributed by atoms with van der Waals surface area (Å²) < 4.78 is 8.31. The fourth-order valence-electron chi connectivity index (χ4n) is 3.28. The second-order valence-electron chi connectivity index (χ2n) is 6.79. The van der Waals surface area contributed by atoms with Crippen LogP contribution in [0.2, 0.25) is 0 Å². The van der Waals surface area contributed by atoms with Gasteiger partial charge in [0.2, 0.25) is 0 Å². The third kappa shape index (κ3) is 4.47. The standard InChI is InChI=1S/C23H23N3O/c24-21-8-11-22(12-9-21)27-23(16-26-14-13-25-17-26)10-6-18-5-7-19-3-1-2-4-20(19)15-18/h1-5,7-9,11-15,17,23H,6,10,16,24H2. The number of hydrogen-bond donors (Lipinski definition) is 1. The minimum atomic E-state index is 0.0503. The summed E-state index contributed by atoms with van der Waals surface area (Å²) in [6, 6.07) is 22.7. The van der Waals surface area contributed by atoms with E-state index >= 15 is 0 Å². The van der Waals surface area contributed by atoms with Crippen LogP contribution in [0.15, 0.2) is 85.5 Å². The monoisotopic (exact) mass is 357 g/mol. The van der Waals surface area contributed by atoms with Gasteiger partial charge in [-0.05, 0) is 53.4 Å². The van der Waals surface area contributed by atoms with Crippen molar-refractivity contribution < 1.29 is 4.74 Å². The lowest BCUT2D eigenvalue weighted by Gasteiger charge is -2.20. The van der Waals surface area contributed by atoms with Gasteiger partial charge < -0.3 is 15.0 Å². The fraction of sp³-hybridized carbons (Fsp3) is 0.174. The highest BCUT2D eigenvalue weighted by Crippen LogP contribution is 2.20. The predicted octanol–water partition coefficient (Wildman–Crippen LogP) is 4.70. The maximum absolute atomic E-state index is 6.25. The highest BCUT2D eigenvalue weighted by atomic mass is 16.5. The highest BCUT2D eigenvalue weighted by molar-refractivity contribution is 5.82. The van der Waals surface area contributed by atoms with Gasteiger partial charge in [0, 0.05) is 18.1 Å². The number of nitrogens with zero attached hydrogens (tertiary/aromatic N) is 2. The molecule has 0 aliphatic carbocycles. The van der Waals surface area contributed by atoms with E-state index in [4.69, 9.17) is 10.5 Å². The largest absolute Gasteiger partial charge is 0.489 e. The minimum Gasteiger partial charge on any atom is -0.489 e. The zero-order valence-electron chi connectivity index (χ0n) is 15.2. The van der Waals surface area contributed by atoms with Gasteiger partial charge in [0.15, 0.2) is 0 Å². The van der Waals surface area contributed by atoms with Crippen molar-refractivity contribution in [2.45, 2.75) is 25.5 Å². The third-order valence-corrected chi connectivity index (χ3v) is 4.73. The van der Waals surface area contributed by atoms with Crippen molar-refractivity contribution in [3.63, 3.8) is 0 Å². The first-order chi connectivity index (χ1) is 13.3. The number of hydrogen-bond acceptors (Lipinski definition) is 3. The molecule has 4 nitrogen and oxygen atoms in total. The van der Waals surface area contributed by atoms with Crippen molar-refractivity contribution in [1.29, 1.82) is 0 Å². The molecule has 27 heavy (non-hydrogen) atoms. The van der Waals surface area contributed by atoms with Crippen molar-refractivity contribution in [2.75, 3.05) is 5.73 Å². The number of nitrogen functional groups attached to an aromatic ring is 1. The molecule has 1 atom stereocenters. The van der Waals surface area contributed by atoms with Gasteiger partial charge >= 0.3 is 0 Å². The quantitative estimate of drug-likeness (QED) is 0.488. The Hall–Kier alpha value is -3.27. The van der Waals surface area contributed by atoms with Crippen molar-refractivity contribution in [2.24, 2.45) is 0 Å². The van der Waals surface area contributed by atoms with E-state index in [9.17, 15) is 0 Å². The summed E-state index contributed by atoms with van der Waals surface area (Å²) in [5.41, 5.74) is 7.84. The number of imidazole rings is 1. The Morgan fingerprint density at radius 1 is 0.963 bits per heavy atom. The number of anilines is 1. The van der Waals surface area contributed by atoms with Crippen LogP contribution in [-0.2, 0) is 13.0 Å². The molecule has 0 spiro atoms. The van der Waals surface area contributed by atoms with Crippen LogP contribution in [0.4, 0.5) is 5.69 Å². The molecule has 4 heteroatoms. The molecule has 4 aromatic rings. The Labute approximate surface area is 159 Å². The van der Waals surface area contributed by atoms with E-state index in [0.717, 1.165) is 30.8 Å². The molecule has 1 aromatic heterocycles. The van der Waals surface area contributed by atoms with Gasteiger partial charge in [-0.3, -0.25) is 0 Å². The summed E-state index contributed by atoms with van der Waals surface area (Å²) >= 11 is 0. The van der Waals surface area contributed by atoms with Gasteiger partial charge in [0.25, 0.3) is 0 Å². The van der Waals surface area contributed by atoms with Crippen LogP contribution >= 0.6 is 0 Å². The second kappa shape index (κ2) is 7.96. The van der Waals surface area contributed by atoms with Crippen LogP contribution in [0.25, 0.3) is 10.8 Å². The number of nitrogens with two attached hydrogens (primary N) is 1. The highest BCUT2D eigenvalue weighted by Gasteiger charge is 2.12. The summed E-state index contributed by atoms with van der Waals surface area (Å²) in [6.45, 7) is 0.762. The molecule has 136 valence electrons. The first-order valence-electron chi connectivity index (χ1n) is 9.22. The van der Waals surface area contributed by atoms with Gasteiger partial charge in [0.05, 0.1) is 12.9 Å². The smallest absolute Gasteiger partial charge is 0.119 e. The Kier molecular flexibility index (Phi) is 5.06. The zero-order chi connectivity index (χ0) is 18.5. The van der Waals surface area contributed by atoms with Crippen molar-refractivity contribution >= 4 is 16.5 Å². The van der Waals surface area contributed by atoms with Crippen molar-refractivity contribution in [3.05, 3.63) is 91.0 Å². The van der Waals surface area contributed by atoms with E-state index in [1.165, 1.54) is 16.3 Å². The second-order valence-corrected chi connectivity index (χ2v) is 6.79. The van der Waals surface area contributed by atoms with Crippen molar-refractivity contribution in [3.8, 4) is 5.75 Å².